The standard InChI is InChI=1S/C10H18N2S/c1-8-7-13-10(11-8)3-5-12-4-2-9(10)6-12/h8-9,11H,2-7H2,1H3. The Labute approximate surface area is 84.4 Å². The number of rotatable bonds is 0. The maximum Gasteiger partial charge on any atom is 0.0701 e. The number of piperidine rings is 1. The fraction of sp³-hybridized carbons (Fsp3) is 1.00. The van der Waals surface area contributed by atoms with E-state index in [1.54, 1.807) is 0 Å². The van der Waals surface area contributed by atoms with Crippen LogP contribution in [0.2, 0.25) is 0 Å². The monoisotopic (exact) mass is 198 g/mol. The molecular weight excluding hydrogens is 180 g/mol. The Bertz CT molecular complexity index is 221. The zero-order valence-corrected chi connectivity index (χ0v) is 9.07. The summed E-state index contributed by atoms with van der Waals surface area (Å²) in [6.45, 7) is 6.35. The van der Waals surface area contributed by atoms with Crippen molar-refractivity contribution in [3.8, 4) is 0 Å². The number of hydrogen-bond acceptors (Lipinski definition) is 3. The van der Waals surface area contributed by atoms with Crippen molar-refractivity contribution in [2.45, 2.75) is 30.7 Å². The molecular formula is C10H18N2S. The average molecular weight is 198 g/mol. The van der Waals surface area contributed by atoms with Crippen molar-refractivity contribution in [1.29, 1.82) is 0 Å². The van der Waals surface area contributed by atoms with E-state index in [-0.39, 0.29) is 0 Å². The molecule has 2 bridgehead atoms. The zero-order chi connectivity index (χ0) is 8.89. The highest BCUT2D eigenvalue weighted by atomic mass is 32.2. The Morgan fingerprint density at radius 1 is 1.46 bits per heavy atom. The lowest BCUT2D eigenvalue weighted by Gasteiger charge is -2.39. The third-order valence-corrected chi connectivity index (χ3v) is 5.65. The molecule has 3 rings (SSSR count). The van der Waals surface area contributed by atoms with E-state index in [1.807, 2.05) is 0 Å². The van der Waals surface area contributed by atoms with Crippen LogP contribution in [0.25, 0.3) is 0 Å². The maximum atomic E-state index is 3.83. The summed E-state index contributed by atoms with van der Waals surface area (Å²) in [5.74, 6) is 2.24. The second-order valence-electron chi connectivity index (χ2n) is 4.78. The number of fused-ring (bicyclic) bond motifs is 3. The molecule has 1 N–H and O–H groups in total. The van der Waals surface area contributed by atoms with Crippen molar-refractivity contribution < 1.29 is 0 Å². The van der Waals surface area contributed by atoms with Gasteiger partial charge in [-0.3, -0.25) is 5.32 Å². The second-order valence-corrected chi connectivity index (χ2v) is 6.13. The van der Waals surface area contributed by atoms with E-state index >= 15 is 0 Å². The van der Waals surface area contributed by atoms with Gasteiger partial charge in [-0.05, 0) is 26.3 Å². The summed E-state index contributed by atoms with van der Waals surface area (Å²) in [6.07, 6.45) is 2.79. The van der Waals surface area contributed by atoms with Gasteiger partial charge in [0.2, 0.25) is 0 Å². The van der Waals surface area contributed by atoms with Crippen LogP contribution in [0.15, 0.2) is 0 Å². The van der Waals surface area contributed by atoms with E-state index in [0.717, 1.165) is 12.0 Å². The van der Waals surface area contributed by atoms with Crippen LogP contribution in [0, 0.1) is 5.92 Å². The van der Waals surface area contributed by atoms with Crippen molar-refractivity contribution >= 4 is 11.8 Å². The molecule has 3 heterocycles. The Balaban J connectivity index is 1.82. The summed E-state index contributed by atoms with van der Waals surface area (Å²) in [5, 5.41) is 3.83. The van der Waals surface area contributed by atoms with Crippen molar-refractivity contribution in [2.24, 2.45) is 5.92 Å². The second kappa shape index (κ2) is 2.88. The number of hydrogen-bond donors (Lipinski definition) is 1. The smallest absolute Gasteiger partial charge is 0.0701 e. The van der Waals surface area contributed by atoms with Crippen LogP contribution >= 0.6 is 11.8 Å². The molecule has 4 atom stereocenters. The van der Waals surface area contributed by atoms with Gasteiger partial charge in [-0.1, -0.05) is 0 Å². The Hall–Kier alpha value is 0.270. The highest BCUT2D eigenvalue weighted by molar-refractivity contribution is 8.00. The van der Waals surface area contributed by atoms with Crippen molar-refractivity contribution in [1.82, 2.24) is 10.2 Å². The highest BCUT2D eigenvalue weighted by Gasteiger charge is 2.49. The highest BCUT2D eigenvalue weighted by Crippen LogP contribution is 2.46. The van der Waals surface area contributed by atoms with Crippen LogP contribution in [0.4, 0.5) is 0 Å². The molecule has 3 aliphatic heterocycles. The Morgan fingerprint density at radius 2 is 2.38 bits per heavy atom. The van der Waals surface area contributed by atoms with Gasteiger partial charge in [0.05, 0.1) is 4.87 Å². The van der Waals surface area contributed by atoms with Gasteiger partial charge in [0.15, 0.2) is 0 Å². The molecule has 3 saturated heterocycles. The lowest BCUT2D eigenvalue weighted by Crippen LogP contribution is -2.52. The minimum atomic E-state index is 0.479. The largest absolute Gasteiger partial charge is 0.303 e. The molecule has 0 aromatic rings. The van der Waals surface area contributed by atoms with Gasteiger partial charge in [0, 0.05) is 30.8 Å². The van der Waals surface area contributed by atoms with Crippen LogP contribution in [0.3, 0.4) is 0 Å². The maximum absolute atomic E-state index is 3.83. The summed E-state index contributed by atoms with van der Waals surface area (Å²) in [4.78, 5) is 3.10. The SMILES string of the molecule is CC1CSC2(CCN3CCC2C3)N1. The average Bonchev–Trinajstić information content (AvgIpc) is 2.66. The Kier molecular flexibility index (Phi) is 1.90. The number of nitrogens with zero attached hydrogens (tertiary/aromatic N) is 1. The van der Waals surface area contributed by atoms with Crippen LogP contribution in [0.5, 0.6) is 0 Å². The van der Waals surface area contributed by atoms with Gasteiger partial charge >= 0.3 is 0 Å². The molecule has 0 saturated carbocycles. The molecule has 3 aliphatic rings. The van der Waals surface area contributed by atoms with Crippen LogP contribution in [0.1, 0.15) is 19.8 Å². The lowest BCUT2D eigenvalue weighted by molar-refractivity contribution is 0.200. The molecule has 0 amide bonds. The normalized spacial score (nSPS) is 54.7. The summed E-state index contributed by atoms with van der Waals surface area (Å²) in [5.41, 5.74) is 0. The number of thioether (sulfide) groups is 1. The first kappa shape index (κ1) is 8.57. The molecule has 0 aromatic heterocycles. The van der Waals surface area contributed by atoms with E-state index in [4.69, 9.17) is 0 Å². The first-order valence-corrected chi connectivity index (χ1v) is 6.41. The fourth-order valence-corrected chi connectivity index (χ4v) is 4.68. The molecule has 13 heavy (non-hydrogen) atoms. The van der Waals surface area contributed by atoms with Gasteiger partial charge in [-0.25, -0.2) is 0 Å². The van der Waals surface area contributed by atoms with E-state index < -0.39 is 0 Å². The van der Waals surface area contributed by atoms with E-state index in [2.05, 4.69) is 28.9 Å². The van der Waals surface area contributed by atoms with E-state index in [0.29, 0.717) is 4.87 Å². The van der Waals surface area contributed by atoms with Crippen LogP contribution in [-0.4, -0.2) is 41.2 Å². The van der Waals surface area contributed by atoms with E-state index in [1.165, 1.54) is 38.2 Å². The zero-order valence-electron chi connectivity index (χ0n) is 8.25. The molecule has 1 spiro atoms. The minimum absolute atomic E-state index is 0.479. The van der Waals surface area contributed by atoms with Gasteiger partial charge in [-0.2, -0.15) is 0 Å². The predicted octanol–water partition coefficient (Wildman–Crippen LogP) is 1.13. The quantitative estimate of drug-likeness (QED) is 0.628. The van der Waals surface area contributed by atoms with Gasteiger partial charge < -0.3 is 4.90 Å². The van der Waals surface area contributed by atoms with Crippen LogP contribution < -0.4 is 5.32 Å². The topological polar surface area (TPSA) is 15.3 Å². The molecule has 74 valence electrons. The van der Waals surface area contributed by atoms with Crippen molar-refractivity contribution in [3.63, 3.8) is 0 Å². The lowest BCUT2D eigenvalue weighted by atomic mass is 9.93. The summed E-state index contributed by atoms with van der Waals surface area (Å²) >= 11 is 2.20. The third kappa shape index (κ3) is 1.24. The first-order valence-electron chi connectivity index (χ1n) is 5.42. The van der Waals surface area contributed by atoms with Gasteiger partial charge in [-0.15, -0.1) is 11.8 Å². The predicted molar refractivity (Wildman–Crippen MR) is 57.0 cm³/mol. The molecule has 4 unspecified atom stereocenters. The fourth-order valence-electron chi connectivity index (χ4n) is 3.10. The van der Waals surface area contributed by atoms with Crippen LogP contribution in [-0.2, 0) is 0 Å². The summed E-state index contributed by atoms with van der Waals surface area (Å²) in [6, 6.07) is 0.733. The molecule has 0 aromatic carbocycles. The minimum Gasteiger partial charge on any atom is -0.303 e. The first-order chi connectivity index (χ1) is 6.28. The molecule has 3 heteroatoms. The molecule has 0 radical (unpaired) electrons. The Morgan fingerprint density at radius 3 is 3.15 bits per heavy atom. The summed E-state index contributed by atoms with van der Waals surface area (Å²) < 4.78 is 0. The van der Waals surface area contributed by atoms with Crippen molar-refractivity contribution in [2.75, 3.05) is 25.4 Å². The molecule has 0 aliphatic carbocycles. The summed E-state index contributed by atoms with van der Waals surface area (Å²) in [7, 11) is 0. The number of nitrogens with one attached hydrogen (secondary N) is 1. The van der Waals surface area contributed by atoms with Gasteiger partial charge in [0.25, 0.3) is 0 Å². The van der Waals surface area contributed by atoms with E-state index in [9.17, 15) is 0 Å². The van der Waals surface area contributed by atoms with Crippen molar-refractivity contribution in [3.05, 3.63) is 0 Å². The van der Waals surface area contributed by atoms with Gasteiger partial charge in [0.1, 0.15) is 0 Å². The molecule has 3 fully saturated rings. The third-order valence-electron chi connectivity index (χ3n) is 3.81. The molecule has 2 nitrogen and oxygen atoms in total.